The van der Waals surface area contributed by atoms with Gasteiger partial charge in [0.1, 0.15) is 0 Å². The predicted octanol–water partition coefficient (Wildman–Crippen LogP) is 2.01. The molecule has 5 heteroatoms. The van der Waals surface area contributed by atoms with E-state index in [1.54, 1.807) is 18.2 Å². The maximum absolute atomic E-state index is 12.0. The molecule has 3 rings (SSSR count). The molecule has 1 aliphatic carbocycles. The molecule has 100 valence electrons. The first-order chi connectivity index (χ1) is 9.18. The molecule has 2 aliphatic rings. The van der Waals surface area contributed by atoms with E-state index in [2.05, 4.69) is 5.32 Å². The van der Waals surface area contributed by atoms with Gasteiger partial charge in [0.2, 0.25) is 0 Å². The molecular formula is C14H15ClN2O2. The molecule has 19 heavy (non-hydrogen) atoms. The maximum Gasteiger partial charge on any atom is 0.299 e. The van der Waals surface area contributed by atoms with Crippen LogP contribution in [0, 0.1) is 0 Å². The van der Waals surface area contributed by atoms with Crippen LogP contribution >= 0.6 is 11.6 Å². The van der Waals surface area contributed by atoms with E-state index in [1.165, 1.54) is 17.7 Å². The van der Waals surface area contributed by atoms with Gasteiger partial charge in [-0.2, -0.15) is 0 Å². The van der Waals surface area contributed by atoms with Crippen molar-refractivity contribution in [2.45, 2.75) is 25.3 Å². The number of Topliss-reactive ketones (excluding diaryl/α,β-unsaturated/α-hetero) is 1. The number of carbonyl (C=O) groups is 2. The van der Waals surface area contributed by atoms with E-state index in [-0.39, 0.29) is 0 Å². The zero-order valence-corrected chi connectivity index (χ0v) is 11.2. The molecule has 1 aromatic carbocycles. The van der Waals surface area contributed by atoms with Crippen LogP contribution in [0.3, 0.4) is 0 Å². The number of ketones is 1. The molecule has 1 saturated carbocycles. The van der Waals surface area contributed by atoms with E-state index < -0.39 is 11.7 Å². The Morgan fingerprint density at radius 3 is 2.84 bits per heavy atom. The monoisotopic (exact) mass is 278 g/mol. The van der Waals surface area contributed by atoms with Gasteiger partial charge in [0.15, 0.2) is 0 Å². The first kappa shape index (κ1) is 12.6. The molecule has 1 heterocycles. The standard InChI is InChI=1S/C14H15ClN2O2/c15-11-4-1-3-10-12(11)17(14(19)13(10)18)8-2-7-16-9-5-6-9/h1,3-4,9,16H,2,5-8H2. The summed E-state index contributed by atoms with van der Waals surface area (Å²) in [6.07, 6.45) is 3.31. The predicted molar refractivity (Wildman–Crippen MR) is 73.8 cm³/mol. The van der Waals surface area contributed by atoms with Crippen LogP contribution in [0.1, 0.15) is 29.6 Å². The third-order valence-electron chi connectivity index (χ3n) is 3.51. The van der Waals surface area contributed by atoms with Crippen LogP contribution in [0.2, 0.25) is 5.02 Å². The van der Waals surface area contributed by atoms with Crippen molar-refractivity contribution < 1.29 is 9.59 Å². The maximum atomic E-state index is 12.0. The van der Waals surface area contributed by atoms with Gasteiger partial charge < -0.3 is 10.2 Å². The van der Waals surface area contributed by atoms with Crippen LogP contribution < -0.4 is 10.2 Å². The summed E-state index contributed by atoms with van der Waals surface area (Å²) in [6, 6.07) is 5.72. The number of amides is 1. The lowest BCUT2D eigenvalue weighted by atomic mass is 10.1. The van der Waals surface area contributed by atoms with Crippen molar-refractivity contribution in [3.05, 3.63) is 28.8 Å². The number of hydrogen-bond acceptors (Lipinski definition) is 3. The van der Waals surface area contributed by atoms with Crippen molar-refractivity contribution in [1.29, 1.82) is 0 Å². The molecule has 0 aromatic heterocycles. The van der Waals surface area contributed by atoms with Gasteiger partial charge in [0.25, 0.3) is 11.7 Å². The quantitative estimate of drug-likeness (QED) is 0.662. The van der Waals surface area contributed by atoms with Gasteiger partial charge in [0.05, 0.1) is 16.3 Å². The fraction of sp³-hybridized carbons (Fsp3) is 0.429. The van der Waals surface area contributed by atoms with E-state index in [4.69, 9.17) is 11.6 Å². The average Bonchev–Trinajstić information content (AvgIpc) is 3.18. The van der Waals surface area contributed by atoms with Crippen molar-refractivity contribution in [3.8, 4) is 0 Å². The Morgan fingerprint density at radius 1 is 1.32 bits per heavy atom. The van der Waals surface area contributed by atoms with E-state index in [9.17, 15) is 9.59 Å². The summed E-state index contributed by atoms with van der Waals surface area (Å²) >= 11 is 6.11. The fourth-order valence-electron chi connectivity index (χ4n) is 2.36. The summed E-state index contributed by atoms with van der Waals surface area (Å²) in [6.45, 7) is 1.39. The normalized spacial score (nSPS) is 18.1. The van der Waals surface area contributed by atoms with Gasteiger partial charge in [-0.25, -0.2) is 0 Å². The van der Waals surface area contributed by atoms with Gasteiger partial charge in [-0.3, -0.25) is 9.59 Å². The molecule has 4 nitrogen and oxygen atoms in total. The molecule has 0 unspecified atom stereocenters. The Labute approximate surface area is 116 Å². The molecule has 1 amide bonds. The van der Waals surface area contributed by atoms with Gasteiger partial charge in [-0.15, -0.1) is 0 Å². The second kappa shape index (κ2) is 4.94. The highest BCUT2D eigenvalue weighted by molar-refractivity contribution is 6.54. The van der Waals surface area contributed by atoms with E-state index in [1.807, 2.05) is 0 Å². The molecule has 1 aromatic rings. The average molecular weight is 279 g/mol. The summed E-state index contributed by atoms with van der Waals surface area (Å²) in [4.78, 5) is 25.3. The number of para-hydroxylation sites is 1. The lowest BCUT2D eigenvalue weighted by Gasteiger charge is -2.17. The zero-order chi connectivity index (χ0) is 13.4. The number of anilines is 1. The SMILES string of the molecule is O=C1C(=O)N(CCCNC2CC2)c2c(Cl)cccc21. The lowest BCUT2D eigenvalue weighted by Crippen LogP contribution is -2.32. The van der Waals surface area contributed by atoms with Crippen LogP contribution in [0.25, 0.3) is 0 Å². The van der Waals surface area contributed by atoms with E-state index in [0.29, 0.717) is 28.9 Å². The van der Waals surface area contributed by atoms with Gasteiger partial charge in [-0.1, -0.05) is 17.7 Å². The highest BCUT2D eigenvalue weighted by Gasteiger charge is 2.36. The Hall–Kier alpha value is -1.39. The molecule has 0 radical (unpaired) electrons. The second-order valence-corrected chi connectivity index (χ2v) is 5.41. The second-order valence-electron chi connectivity index (χ2n) is 5.00. The molecule has 1 N–H and O–H groups in total. The topological polar surface area (TPSA) is 49.4 Å². The van der Waals surface area contributed by atoms with E-state index in [0.717, 1.165) is 13.0 Å². The van der Waals surface area contributed by atoms with Gasteiger partial charge in [-0.05, 0) is 37.9 Å². The van der Waals surface area contributed by atoms with Crippen LogP contribution in [-0.4, -0.2) is 30.8 Å². The summed E-state index contributed by atoms with van der Waals surface area (Å²) in [5.74, 6) is -0.915. The van der Waals surface area contributed by atoms with Crippen molar-refractivity contribution in [2.75, 3.05) is 18.0 Å². The Bertz CT molecular complexity index is 540. The van der Waals surface area contributed by atoms with Gasteiger partial charge in [0, 0.05) is 12.6 Å². The number of carbonyl (C=O) groups excluding carboxylic acids is 2. The summed E-state index contributed by atoms with van der Waals surface area (Å²) in [7, 11) is 0. The third-order valence-corrected chi connectivity index (χ3v) is 3.81. The number of hydrogen-bond donors (Lipinski definition) is 1. The Kier molecular flexibility index (Phi) is 3.29. The van der Waals surface area contributed by atoms with Crippen LogP contribution in [0.4, 0.5) is 5.69 Å². The molecule has 0 bridgehead atoms. The third kappa shape index (κ3) is 2.38. The highest BCUT2D eigenvalue weighted by Crippen LogP contribution is 2.35. The summed E-state index contributed by atoms with van der Waals surface area (Å²) < 4.78 is 0. The number of nitrogens with one attached hydrogen (secondary N) is 1. The molecular weight excluding hydrogens is 264 g/mol. The molecule has 1 fully saturated rings. The lowest BCUT2D eigenvalue weighted by molar-refractivity contribution is -0.114. The van der Waals surface area contributed by atoms with Crippen LogP contribution in [0.5, 0.6) is 0 Å². The largest absolute Gasteiger partial charge is 0.314 e. The summed E-state index contributed by atoms with van der Waals surface area (Å²) in [5, 5.41) is 3.85. The smallest absolute Gasteiger partial charge is 0.299 e. The molecule has 0 spiro atoms. The van der Waals surface area contributed by atoms with Crippen molar-refractivity contribution >= 4 is 29.0 Å². The minimum Gasteiger partial charge on any atom is -0.314 e. The number of halogens is 1. The molecule has 0 saturated heterocycles. The van der Waals surface area contributed by atoms with Crippen LogP contribution in [-0.2, 0) is 4.79 Å². The minimum absolute atomic E-state index is 0.424. The summed E-state index contributed by atoms with van der Waals surface area (Å²) in [5.41, 5.74) is 0.998. The number of fused-ring (bicyclic) bond motifs is 1. The number of benzene rings is 1. The van der Waals surface area contributed by atoms with Crippen molar-refractivity contribution in [3.63, 3.8) is 0 Å². The van der Waals surface area contributed by atoms with E-state index >= 15 is 0 Å². The Morgan fingerprint density at radius 2 is 2.11 bits per heavy atom. The first-order valence-corrected chi connectivity index (χ1v) is 6.94. The molecule has 0 atom stereocenters. The minimum atomic E-state index is -0.463. The molecule has 1 aliphatic heterocycles. The van der Waals surface area contributed by atoms with Crippen LogP contribution in [0.15, 0.2) is 18.2 Å². The number of nitrogens with zero attached hydrogens (tertiary/aromatic N) is 1. The van der Waals surface area contributed by atoms with Crippen molar-refractivity contribution in [1.82, 2.24) is 5.32 Å². The number of rotatable bonds is 5. The fourth-order valence-corrected chi connectivity index (χ4v) is 2.63. The zero-order valence-electron chi connectivity index (χ0n) is 10.5. The van der Waals surface area contributed by atoms with Crippen molar-refractivity contribution in [2.24, 2.45) is 0 Å². The highest BCUT2D eigenvalue weighted by atomic mass is 35.5. The van der Waals surface area contributed by atoms with Gasteiger partial charge >= 0.3 is 0 Å². The Balaban J connectivity index is 1.70. The first-order valence-electron chi connectivity index (χ1n) is 6.56.